The molecule has 0 aromatic heterocycles. The van der Waals surface area contributed by atoms with Gasteiger partial charge in [-0.05, 0) is 60.4 Å². The lowest BCUT2D eigenvalue weighted by Crippen LogP contribution is -2.38. The zero-order valence-electron chi connectivity index (χ0n) is 19.7. The first-order chi connectivity index (χ1) is 15.1. The van der Waals surface area contributed by atoms with E-state index in [1.54, 1.807) is 0 Å². The molecule has 0 saturated carbocycles. The Morgan fingerprint density at radius 3 is 2.09 bits per heavy atom. The van der Waals surface area contributed by atoms with E-state index >= 15 is 0 Å². The van der Waals surface area contributed by atoms with Crippen molar-refractivity contribution in [3.05, 3.63) is 76.5 Å². The van der Waals surface area contributed by atoms with Crippen LogP contribution in [-0.2, 0) is 15.0 Å². The second-order valence-electron chi connectivity index (χ2n) is 10.3. The first-order valence-electron chi connectivity index (χ1n) is 11.5. The largest absolute Gasteiger partial charge is 0.491 e. The maximum absolute atomic E-state index is 13.3. The predicted molar refractivity (Wildman–Crippen MR) is 127 cm³/mol. The molecule has 0 fully saturated rings. The van der Waals surface area contributed by atoms with Crippen molar-refractivity contribution < 1.29 is 14.3 Å². The highest BCUT2D eigenvalue weighted by molar-refractivity contribution is 6.02. The third-order valence-electron chi connectivity index (χ3n) is 6.44. The molecule has 2 aromatic rings. The van der Waals surface area contributed by atoms with Crippen LogP contribution in [0.1, 0.15) is 82.4 Å². The zero-order chi connectivity index (χ0) is 23.0. The van der Waals surface area contributed by atoms with Crippen LogP contribution in [0.25, 0.3) is 0 Å². The van der Waals surface area contributed by atoms with Crippen molar-refractivity contribution in [2.45, 2.75) is 77.2 Å². The molecule has 2 unspecified atom stereocenters. The first-order valence-corrected chi connectivity index (χ1v) is 11.5. The first kappa shape index (κ1) is 22.3. The quantitative estimate of drug-likeness (QED) is 0.668. The third kappa shape index (κ3) is 4.64. The van der Waals surface area contributed by atoms with E-state index in [-0.39, 0.29) is 35.0 Å². The summed E-state index contributed by atoms with van der Waals surface area (Å²) in [6, 6.07) is 16.4. The van der Waals surface area contributed by atoms with Crippen molar-refractivity contribution >= 4 is 11.7 Å². The molecule has 168 valence electrons. The van der Waals surface area contributed by atoms with Crippen LogP contribution < -0.4 is 10.1 Å². The Kier molecular flexibility index (Phi) is 5.98. The van der Waals surface area contributed by atoms with Gasteiger partial charge in [0.15, 0.2) is 5.78 Å². The van der Waals surface area contributed by atoms with Crippen LogP contribution in [0.3, 0.4) is 0 Å². The Labute approximate surface area is 191 Å². The van der Waals surface area contributed by atoms with Crippen LogP contribution in [0.4, 0.5) is 0 Å². The van der Waals surface area contributed by atoms with E-state index < -0.39 is 0 Å². The number of allylic oxidation sites excluding steroid dienone is 2. The molecule has 2 atom stereocenters. The fraction of sp³-hybridized carbons (Fsp3) is 0.429. The summed E-state index contributed by atoms with van der Waals surface area (Å²) in [7, 11) is 0. The fourth-order valence-electron chi connectivity index (χ4n) is 4.79. The summed E-state index contributed by atoms with van der Waals surface area (Å²) in [4.78, 5) is 25.9. The molecule has 32 heavy (non-hydrogen) atoms. The molecule has 1 aliphatic heterocycles. The topological polar surface area (TPSA) is 55.4 Å². The lowest BCUT2D eigenvalue weighted by molar-refractivity contribution is -0.122. The average molecular weight is 432 g/mol. The highest BCUT2D eigenvalue weighted by Gasteiger charge is 2.38. The summed E-state index contributed by atoms with van der Waals surface area (Å²) in [5.74, 6) is 0.863. The van der Waals surface area contributed by atoms with Crippen LogP contribution in [0.2, 0.25) is 0 Å². The number of carbonyl (C=O) groups is 2. The lowest BCUT2D eigenvalue weighted by atomic mass is 9.73. The second kappa shape index (κ2) is 8.57. The molecule has 2 aromatic carbocycles. The van der Waals surface area contributed by atoms with Crippen molar-refractivity contribution in [1.82, 2.24) is 5.32 Å². The number of amides is 1. The van der Waals surface area contributed by atoms with E-state index in [0.717, 1.165) is 28.1 Å². The number of hydrogen-bond donors (Lipinski definition) is 1. The minimum Gasteiger partial charge on any atom is -0.491 e. The third-order valence-corrected chi connectivity index (χ3v) is 6.44. The summed E-state index contributed by atoms with van der Waals surface area (Å²) in [6.07, 6.45) is 1.59. The number of rotatable bonds is 4. The molecular formula is C28H33NO3. The maximum Gasteiger partial charge on any atom is 0.225 e. The number of hydrogen-bond acceptors (Lipinski definition) is 3. The van der Waals surface area contributed by atoms with E-state index in [1.165, 1.54) is 5.56 Å². The van der Waals surface area contributed by atoms with Gasteiger partial charge in [-0.1, -0.05) is 57.2 Å². The van der Waals surface area contributed by atoms with Gasteiger partial charge < -0.3 is 10.1 Å². The van der Waals surface area contributed by atoms with E-state index in [9.17, 15) is 9.59 Å². The molecule has 0 bridgehead atoms. The summed E-state index contributed by atoms with van der Waals surface area (Å²) in [5, 5.41) is 3.02. The van der Waals surface area contributed by atoms with E-state index in [4.69, 9.17) is 4.74 Å². The van der Waals surface area contributed by atoms with Gasteiger partial charge >= 0.3 is 0 Å². The van der Waals surface area contributed by atoms with Gasteiger partial charge in [-0.2, -0.15) is 0 Å². The Balaban J connectivity index is 1.60. The number of Topliss-reactive ketones (excluding diaryl/α,β-unsaturated/α-hetero) is 1. The van der Waals surface area contributed by atoms with E-state index in [0.29, 0.717) is 19.3 Å². The second-order valence-corrected chi connectivity index (χ2v) is 10.3. The zero-order valence-corrected chi connectivity index (χ0v) is 19.7. The van der Waals surface area contributed by atoms with Crippen LogP contribution >= 0.6 is 0 Å². The summed E-state index contributed by atoms with van der Waals surface area (Å²) >= 11 is 0. The van der Waals surface area contributed by atoms with E-state index in [2.05, 4.69) is 50.4 Å². The normalized spacial score (nSPS) is 21.4. The molecule has 0 radical (unpaired) electrons. The molecule has 0 saturated heterocycles. The van der Waals surface area contributed by atoms with Crippen molar-refractivity contribution in [3.8, 4) is 5.75 Å². The minimum atomic E-state index is -0.164. The Morgan fingerprint density at radius 2 is 1.50 bits per heavy atom. The van der Waals surface area contributed by atoms with Crippen molar-refractivity contribution in [3.63, 3.8) is 0 Å². The molecule has 1 N–H and O–H groups in total. The number of ether oxygens (including phenoxy) is 1. The molecule has 4 heteroatoms. The molecule has 1 amide bonds. The summed E-state index contributed by atoms with van der Waals surface area (Å²) < 4.78 is 5.74. The molecule has 4 rings (SSSR count). The van der Waals surface area contributed by atoms with Crippen LogP contribution in [0, 0.1) is 0 Å². The van der Waals surface area contributed by atoms with Crippen LogP contribution in [0.5, 0.6) is 5.75 Å². The van der Waals surface area contributed by atoms with Crippen LogP contribution in [0.15, 0.2) is 59.8 Å². The predicted octanol–water partition coefficient (Wildman–Crippen LogP) is 5.78. The SMILES string of the molecule is CC(C)Oc1ccc(C2CC(=O)C3=C(C2)NC(=O)CC3c2ccc(C(C)(C)C)cc2)cc1. The van der Waals surface area contributed by atoms with Crippen molar-refractivity contribution in [1.29, 1.82) is 0 Å². The van der Waals surface area contributed by atoms with Gasteiger partial charge in [0.05, 0.1) is 6.10 Å². The number of carbonyl (C=O) groups excluding carboxylic acids is 2. The monoisotopic (exact) mass is 431 g/mol. The minimum absolute atomic E-state index is 0.0113. The highest BCUT2D eigenvalue weighted by Crippen LogP contribution is 2.43. The molecule has 0 spiro atoms. The highest BCUT2D eigenvalue weighted by atomic mass is 16.5. The molecule has 2 aliphatic rings. The van der Waals surface area contributed by atoms with Crippen LogP contribution in [-0.4, -0.2) is 17.8 Å². The maximum atomic E-state index is 13.3. The average Bonchev–Trinajstić information content (AvgIpc) is 2.72. The van der Waals surface area contributed by atoms with Crippen molar-refractivity contribution in [2.75, 3.05) is 0 Å². The number of benzene rings is 2. The number of ketones is 1. The van der Waals surface area contributed by atoms with Gasteiger partial charge in [0.2, 0.25) is 5.91 Å². The molecular weight excluding hydrogens is 398 g/mol. The number of nitrogens with one attached hydrogen (secondary N) is 1. The molecule has 4 nitrogen and oxygen atoms in total. The van der Waals surface area contributed by atoms with Gasteiger partial charge in [0.1, 0.15) is 5.75 Å². The lowest BCUT2D eigenvalue weighted by Gasteiger charge is -2.34. The van der Waals surface area contributed by atoms with Gasteiger partial charge in [-0.15, -0.1) is 0 Å². The Morgan fingerprint density at radius 1 is 0.875 bits per heavy atom. The summed E-state index contributed by atoms with van der Waals surface area (Å²) in [5.41, 5.74) is 5.06. The Bertz CT molecular complexity index is 1040. The van der Waals surface area contributed by atoms with Gasteiger partial charge in [0, 0.05) is 30.0 Å². The van der Waals surface area contributed by atoms with E-state index in [1.807, 2.05) is 38.1 Å². The van der Waals surface area contributed by atoms with Gasteiger partial charge in [0.25, 0.3) is 0 Å². The Hall–Kier alpha value is -2.88. The summed E-state index contributed by atoms with van der Waals surface area (Å²) in [6.45, 7) is 10.6. The molecule has 1 heterocycles. The van der Waals surface area contributed by atoms with Gasteiger partial charge in [-0.3, -0.25) is 9.59 Å². The smallest absolute Gasteiger partial charge is 0.225 e. The van der Waals surface area contributed by atoms with Crippen molar-refractivity contribution in [2.24, 2.45) is 0 Å². The van der Waals surface area contributed by atoms with Gasteiger partial charge in [-0.25, -0.2) is 0 Å². The standard InChI is InChI=1S/C28H33NO3/c1-17(2)32-22-12-8-18(9-13-22)20-14-24-27(25(30)15-20)23(16-26(31)29-24)19-6-10-21(11-7-19)28(3,4)5/h6-13,17,20,23H,14-16H2,1-5H3,(H,29,31). The fourth-order valence-corrected chi connectivity index (χ4v) is 4.79. The molecule has 1 aliphatic carbocycles.